The highest BCUT2D eigenvalue weighted by atomic mass is 16.5. The van der Waals surface area contributed by atoms with Crippen LogP contribution in [0.25, 0.3) is 21.9 Å². The van der Waals surface area contributed by atoms with Gasteiger partial charge in [0.15, 0.2) is 5.78 Å². The molecule has 2 heteroatoms. The molecule has 0 bridgehead atoms. The molecule has 28 heavy (non-hydrogen) atoms. The smallest absolute Gasteiger partial charge is 0.193 e. The molecule has 0 heterocycles. The summed E-state index contributed by atoms with van der Waals surface area (Å²) in [6, 6.07) is 29.6. The van der Waals surface area contributed by atoms with E-state index in [1.807, 2.05) is 80.6 Å². The van der Waals surface area contributed by atoms with Crippen LogP contribution in [0, 0.1) is 0 Å². The van der Waals surface area contributed by atoms with Crippen LogP contribution in [-0.4, -0.2) is 11.9 Å². The molecule has 4 aromatic rings. The Kier molecular flexibility index (Phi) is 4.94. The minimum atomic E-state index is 0.0145. The lowest BCUT2D eigenvalue weighted by atomic mass is 9.89. The second-order valence-electron chi connectivity index (χ2n) is 7.10. The number of hydrogen-bond donors (Lipinski definition) is 0. The summed E-state index contributed by atoms with van der Waals surface area (Å²) in [6.07, 6.45) is 0.103. The van der Waals surface area contributed by atoms with Crippen LogP contribution in [0.4, 0.5) is 0 Å². The number of carbonyl (C=O) groups is 1. The van der Waals surface area contributed by atoms with Gasteiger partial charge < -0.3 is 4.74 Å². The monoisotopic (exact) mass is 366 g/mol. The standard InChI is InChI=1S/C26H22O2/c1-18(2)28-22-15-12-21(13-16-22)26(27)24-17-14-19-8-6-7-11-23(19)25(24)20-9-4-3-5-10-20/h3-18H,1-2H3. The van der Waals surface area contributed by atoms with Crippen molar-refractivity contribution in [1.29, 1.82) is 0 Å². The highest BCUT2D eigenvalue weighted by Gasteiger charge is 2.17. The normalized spacial score (nSPS) is 11.0. The molecule has 4 aromatic carbocycles. The van der Waals surface area contributed by atoms with Gasteiger partial charge in [-0.15, -0.1) is 0 Å². The van der Waals surface area contributed by atoms with Gasteiger partial charge in [-0.05, 0) is 60.5 Å². The van der Waals surface area contributed by atoms with Gasteiger partial charge in [0.25, 0.3) is 0 Å². The van der Waals surface area contributed by atoms with E-state index in [1.54, 1.807) is 0 Å². The quantitative estimate of drug-likeness (QED) is 0.376. The first-order chi connectivity index (χ1) is 13.6. The van der Waals surface area contributed by atoms with Crippen molar-refractivity contribution in [2.45, 2.75) is 20.0 Å². The summed E-state index contributed by atoms with van der Waals surface area (Å²) in [5.41, 5.74) is 3.39. The molecule has 2 nitrogen and oxygen atoms in total. The largest absolute Gasteiger partial charge is 0.491 e. The van der Waals surface area contributed by atoms with Crippen molar-refractivity contribution in [2.75, 3.05) is 0 Å². The summed E-state index contributed by atoms with van der Waals surface area (Å²) in [5, 5.41) is 2.21. The van der Waals surface area contributed by atoms with Crippen LogP contribution in [0.3, 0.4) is 0 Å². The van der Waals surface area contributed by atoms with E-state index in [0.29, 0.717) is 11.1 Å². The summed E-state index contributed by atoms with van der Waals surface area (Å²) >= 11 is 0. The summed E-state index contributed by atoms with van der Waals surface area (Å²) in [6.45, 7) is 3.97. The van der Waals surface area contributed by atoms with Gasteiger partial charge in [-0.1, -0.05) is 60.7 Å². The Morgan fingerprint density at radius 3 is 2.14 bits per heavy atom. The van der Waals surface area contributed by atoms with Crippen LogP contribution >= 0.6 is 0 Å². The van der Waals surface area contributed by atoms with Gasteiger partial charge in [-0.2, -0.15) is 0 Å². The van der Waals surface area contributed by atoms with Gasteiger partial charge in [-0.25, -0.2) is 0 Å². The van der Waals surface area contributed by atoms with Crippen LogP contribution in [0.1, 0.15) is 29.8 Å². The van der Waals surface area contributed by atoms with E-state index < -0.39 is 0 Å². The Bertz CT molecular complexity index is 1110. The Balaban J connectivity index is 1.83. The van der Waals surface area contributed by atoms with Crippen molar-refractivity contribution in [3.8, 4) is 16.9 Å². The van der Waals surface area contributed by atoms with Crippen molar-refractivity contribution in [3.63, 3.8) is 0 Å². The zero-order valence-corrected chi connectivity index (χ0v) is 16.1. The molecule has 0 aliphatic rings. The molecule has 0 aliphatic carbocycles. The van der Waals surface area contributed by atoms with Crippen LogP contribution in [0.2, 0.25) is 0 Å². The Morgan fingerprint density at radius 1 is 0.750 bits per heavy atom. The van der Waals surface area contributed by atoms with Gasteiger partial charge in [0, 0.05) is 16.7 Å². The number of ether oxygens (including phenoxy) is 1. The van der Waals surface area contributed by atoms with Gasteiger partial charge in [-0.3, -0.25) is 4.79 Å². The molecule has 0 radical (unpaired) electrons. The van der Waals surface area contributed by atoms with Crippen LogP contribution in [0.5, 0.6) is 5.75 Å². The van der Waals surface area contributed by atoms with E-state index in [1.165, 1.54) is 0 Å². The lowest BCUT2D eigenvalue weighted by molar-refractivity contribution is 0.103. The first-order valence-electron chi connectivity index (χ1n) is 9.52. The minimum Gasteiger partial charge on any atom is -0.491 e. The van der Waals surface area contributed by atoms with E-state index in [0.717, 1.165) is 27.6 Å². The number of ketones is 1. The molecule has 0 saturated carbocycles. The second-order valence-corrected chi connectivity index (χ2v) is 7.10. The van der Waals surface area contributed by atoms with Crippen LogP contribution in [0.15, 0.2) is 91.0 Å². The Hall–Kier alpha value is -3.39. The summed E-state index contributed by atoms with van der Waals surface area (Å²) < 4.78 is 5.69. The molecule has 0 N–H and O–H groups in total. The molecule has 4 rings (SSSR count). The zero-order valence-electron chi connectivity index (χ0n) is 16.1. The molecule has 0 aromatic heterocycles. The number of benzene rings is 4. The van der Waals surface area contributed by atoms with Crippen molar-refractivity contribution in [2.24, 2.45) is 0 Å². The summed E-state index contributed by atoms with van der Waals surface area (Å²) in [7, 11) is 0. The van der Waals surface area contributed by atoms with Crippen molar-refractivity contribution in [3.05, 3.63) is 102 Å². The number of carbonyl (C=O) groups excluding carboxylic acids is 1. The minimum absolute atomic E-state index is 0.0145. The van der Waals surface area contributed by atoms with E-state index in [2.05, 4.69) is 24.3 Å². The number of fused-ring (bicyclic) bond motifs is 1. The third kappa shape index (κ3) is 3.54. The predicted molar refractivity (Wildman–Crippen MR) is 115 cm³/mol. The first kappa shape index (κ1) is 18.0. The maximum Gasteiger partial charge on any atom is 0.193 e. The second kappa shape index (κ2) is 7.69. The molecular formula is C26H22O2. The molecule has 0 aliphatic heterocycles. The third-order valence-electron chi connectivity index (χ3n) is 4.72. The molecule has 0 spiro atoms. The molecule has 0 unspecified atom stereocenters. The van der Waals surface area contributed by atoms with Crippen LogP contribution in [-0.2, 0) is 0 Å². The Labute approximate surface area is 165 Å². The van der Waals surface area contributed by atoms with Crippen molar-refractivity contribution >= 4 is 16.6 Å². The zero-order chi connectivity index (χ0) is 19.5. The molecule has 0 atom stereocenters. The first-order valence-corrected chi connectivity index (χ1v) is 9.52. The van der Waals surface area contributed by atoms with Gasteiger partial charge >= 0.3 is 0 Å². The SMILES string of the molecule is CC(C)Oc1ccc(C(=O)c2ccc3ccccc3c2-c2ccccc2)cc1. The topological polar surface area (TPSA) is 26.3 Å². The highest BCUT2D eigenvalue weighted by Crippen LogP contribution is 2.33. The van der Waals surface area contributed by atoms with E-state index >= 15 is 0 Å². The molecule has 0 amide bonds. The van der Waals surface area contributed by atoms with E-state index in [4.69, 9.17) is 4.74 Å². The highest BCUT2D eigenvalue weighted by molar-refractivity contribution is 6.17. The maximum atomic E-state index is 13.4. The van der Waals surface area contributed by atoms with Gasteiger partial charge in [0.05, 0.1) is 6.10 Å². The fraction of sp³-hybridized carbons (Fsp3) is 0.115. The van der Waals surface area contributed by atoms with E-state index in [9.17, 15) is 4.79 Å². The summed E-state index contributed by atoms with van der Waals surface area (Å²) in [5.74, 6) is 0.786. The Morgan fingerprint density at radius 2 is 1.43 bits per heavy atom. The van der Waals surface area contributed by atoms with Crippen molar-refractivity contribution < 1.29 is 9.53 Å². The fourth-order valence-electron chi connectivity index (χ4n) is 3.49. The van der Waals surface area contributed by atoms with Gasteiger partial charge in [0.2, 0.25) is 0 Å². The lowest BCUT2D eigenvalue weighted by Crippen LogP contribution is -2.07. The molecule has 0 fully saturated rings. The predicted octanol–water partition coefficient (Wildman–Crippen LogP) is 6.53. The average Bonchev–Trinajstić information content (AvgIpc) is 2.73. The molecular weight excluding hydrogens is 344 g/mol. The lowest BCUT2D eigenvalue weighted by Gasteiger charge is -2.14. The number of rotatable bonds is 5. The number of hydrogen-bond acceptors (Lipinski definition) is 2. The van der Waals surface area contributed by atoms with E-state index in [-0.39, 0.29) is 11.9 Å². The molecule has 138 valence electrons. The average molecular weight is 366 g/mol. The molecule has 0 saturated heterocycles. The van der Waals surface area contributed by atoms with Crippen LogP contribution < -0.4 is 4.74 Å². The summed E-state index contributed by atoms with van der Waals surface area (Å²) in [4.78, 5) is 13.4. The van der Waals surface area contributed by atoms with Gasteiger partial charge in [0.1, 0.15) is 5.75 Å². The van der Waals surface area contributed by atoms with Crippen molar-refractivity contribution in [1.82, 2.24) is 0 Å². The fourth-order valence-corrected chi connectivity index (χ4v) is 3.49. The maximum absolute atomic E-state index is 13.4. The third-order valence-corrected chi connectivity index (χ3v) is 4.72.